The fraction of sp³-hybridized carbons (Fsp3) is 0.286. The van der Waals surface area contributed by atoms with Crippen LogP contribution in [0, 0.1) is 13.8 Å². The smallest absolute Gasteiger partial charge is 0.340 e. The summed E-state index contributed by atoms with van der Waals surface area (Å²) in [6, 6.07) is 8.77. The maximum Gasteiger partial charge on any atom is 0.340 e. The van der Waals surface area contributed by atoms with E-state index in [1.807, 2.05) is 0 Å². The normalized spacial score (nSPS) is 11.5. The number of nitrogens with one attached hydrogen (secondary N) is 2. The van der Waals surface area contributed by atoms with Gasteiger partial charge in [-0.1, -0.05) is 30.3 Å². The Morgan fingerprint density at radius 2 is 1.77 bits per heavy atom. The predicted octanol–water partition coefficient (Wildman–Crippen LogP) is 2.12. The summed E-state index contributed by atoms with van der Waals surface area (Å²) in [4.78, 5) is 39.0. The van der Waals surface area contributed by atoms with E-state index in [9.17, 15) is 22.8 Å². The van der Waals surface area contributed by atoms with E-state index < -0.39 is 40.9 Å². The number of sulfonamides is 1. The van der Waals surface area contributed by atoms with Crippen molar-refractivity contribution in [2.24, 2.45) is 0 Å². The van der Waals surface area contributed by atoms with Gasteiger partial charge in [0.25, 0.3) is 0 Å². The first kappa shape index (κ1) is 24.0. The Labute approximate surface area is 180 Å². The summed E-state index contributed by atoms with van der Waals surface area (Å²) < 4.78 is 35.8. The lowest BCUT2D eigenvalue weighted by Gasteiger charge is -2.05. The Morgan fingerprint density at radius 3 is 2.42 bits per heavy atom. The zero-order chi connectivity index (χ0) is 23.0. The van der Waals surface area contributed by atoms with E-state index >= 15 is 0 Å². The molecule has 0 atom stereocenters. The number of carbonyl (C=O) groups is 3. The minimum Gasteiger partial charge on any atom is -0.462 e. The fourth-order valence-electron chi connectivity index (χ4n) is 2.75. The summed E-state index contributed by atoms with van der Waals surface area (Å²) >= 11 is 0. The number of H-pyrrole nitrogens is 1. The van der Waals surface area contributed by atoms with Gasteiger partial charge in [-0.3, -0.25) is 9.59 Å². The molecular formula is C21H24N2O7S. The molecule has 0 aliphatic carbocycles. The number of benzene rings is 1. The first-order valence-electron chi connectivity index (χ1n) is 9.42. The molecule has 0 saturated carbocycles. The van der Waals surface area contributed by atoms with Crippen LogP contribution >= 0.6 is 0 Å². The number of Topliss-reactive ketones (excluding diaryl/α,β-unsaturated/α-hetero) is 1. The van der Waals surface area contributed by atoms with Crippen LogP contribution < -0.4 is 4.72 Å². The molecule has 0 aliphatic rings. The minimum atomic E-state index is -3.86. The molecule has 0 fully saturated rings. The molecule has 0 spiro atoms. The number of carbonyl (C=O) groups excluding carboxylic acids is 3. The lowest BCUT2D eigenvalue weighted by molar-refractivity contribution is -0.141. The quantitative estimate of drug-likeness (QED) is 0.420. The molecule has 1 heterocycles. The van der Waals surface area contributed by atoms with Gasteiger partial charge in [0.15, 0.2) is 6.61 Å². The highest BCUT2D eigenvalue weighted by molar-refractivity contribution is 7.92. The van der Waals surface area contributed by atoms with Gasteiger partial charge in [-0.25, -0.2) is 17.9 Å². The molecular weight excluding hydrogens is 424 g/mol. The SMILES string of the molecule is CCOC(=O)c1c(C)[nH]c(C(=O)COC(=O)CNS(=O)(=O)/C=C/c2ccccc2)c1C. The van der Waals surface area contributed by atoms with E-state index in [2.05, 4.69) is 9.71 Å². The molecule has 0 radical (unpaired) electrons. The number of esters is 2. The second-order valence-corrected chi connectivity index (χ2v) is 8.16. The van der Waals surface area contributed by atoms with Crippen LogP contribution in [0.4, 0.5) is 0 Å². The average Bonchev–Trinajstić information content (AvgIpc) is 3.04. The van der Waals surface area contributed by atoms with Gasteiger partial charge < -0.3 is 14.5 Å². The number of hydrogen-bond acceptors (Lipinski definition) is 7. The van der Waals surface area contributed by atoms with Crippen molar-refractivity contribution in [3.8, 4) is 0 Å². The van der Waals surface area contributed by atoms with Crippen molar-refractivity contribution in [2.45, 2.75) is 20.8 Å². The number of ketones is 1. The third kappa shape index (κ3) is 6.90. The molecule has 9 nitrogen and oxygen atoms in total. The second-order valence-electron chi connectivity index (χ2n) is 6.51. The third-order valence-corrected chi connectivity index (χ3v) is 5.26. The van der Waals surface area contributed by atoms with Gasteiger partial charge in [0.2, 0.25) is 15.8 Å². The van der Waals surface area contributed by atoms with Crippen molar-refractivity contribution in [2.75, 3.05) is 19.8 Å². The summed E-state index contributed by atoms with van der Waals surface area (Å²) in [5, 5.41) is 0.933. The topological polar surface area (TPSA) is 132 Å². The number of rotatable bonds is 10. The summed E-state index contributed by atoms with van der Waals surface area (Å²) in [6.45, 7) is 3.83. The van der Waals surface area contributed by atoms with Gasteiger partial charge in [-0.05, 0) is 38.0 Å². The first-order valence-corrected chi connectivity index (χ1v) is 11.0. The van der Waals surface area contributed by atoms with Gasteiger partial charge in [-0.15, -0.1) is 0 Å². The molecule has 2 aromatic rings. The van der Waals surface area contributed by atoms with Crippen LogP contribution in [-0.2, 0) is 24.3 Å². The monoisotopic (exact) mass is 448 g/mol. The Bertz CT molecular complexity index is 1090. The number of aryl methyl sites for hydroxylation is 1. The standard InChI is InChI=1S/C21H24N2O7S/c1-4-29-21(26)19-14(2)20(23-15(19)3)17(24)13-30-18(25)12-22-31(27,28)11-10-16-8-6-5-7-9-16/h5-11,22-23H,4,12-13H2,1-3H3/b11-10+. The average molecular weight is 448 g/mol. The van der Waals surface area contributed by atoms with Crippen molar-refractivity contribution < 1.29 is 32.3 Å². The van der Waals surface area contributed by atoms with E-state index in [0.717, 1.165) is 5.41 Å². The molecule has 10 heteroatoms. The molecule has 1 aromatic heterocycles. The Kier molecular flexibility index (Phi) is 8.29. The summed E-state index contributed by atoms with van der Waals surface area (Å²) in [6.07, 6.45) is 1.38. The van der Waals surface area contributed by atoms with Crippen molar-refractivity contribution in [1.82, 2.24) is 9.71 Å². The molecule has 0 saturated heterocycles. The number of aromatic amines is 1. The number of ether oxygens (including phenoxy) is 2. The van der Waals surface area contributed by atoms with E-state index in [0.29, 0.717) is 16.8 Å². The number of hydrogen-bond donors (Lipinski definition) is 2. The molecule has 1 aromatic carbocycles. The van der Waals surface area contributed by atoms with Crippen LogP contribution in [-0.4, -0.2) is 50.9 Å². The van der Waals surface area contributed by atoms with Gasteiger partial charge in [0, 0.05) is 11.1 Å². The zero-order valence-corrected chi connectivity index (χ0v) is 18.2. The second kappa shape index (κ2) is 10.7. The van der Waals surface area contributed by atoms with Crippen LogP contribution in [0.5, 0.6) is 0 Å². The fourth-order valence-corrected chi connectivity index (χ4v) is 3.50. The predicted molar refractivity (Wildman–Crippen MR) is 114 cm³/mol. The summed E-state index contributed by atoms with van der Waals surface area (Å²) in [5.41, 5.74) is 1.92. The van der Waals surface area contributed by atoms with Crippen molar-refractivity contribution in [3.63, 3.8) is 0 Å². The van der Waals surface area contributed by atoms with Crippen molar-refractivity contribution in [1.29, 1.82) is 0 Å². The van der Waals surface area contributed by atoms with Gasteiger partial charge in [0.1, 0.15) is 6.54 Å². The van der Waals surface area contributed by atoms with Gasteiger partial charge in [-0.2, -0.15) is 0 Å². The summed E-state index contributed by atoms with van der Waals surface area (Å²) in [5.74, 6) is -2.03. The third-order valence-electron chi connectivity index (χ3n) is 4.22. The molecule has 31 heavy (non-hydrogen) atoms. The number of aromatic nitrogens is 1. The lowest BCUT2D eigenvalue weighted by atomic mass is 10.1. The van der Waals surface area contributed by atoms with Crippen LogP contribution in [0.1, 0.15) is 44.6 Å². The Balaban J connectivity index is 1.90. The largest absolute Gasteiger partial charge is 0.462 e. The van der Waals surface area contributed by atoms with E-state index in [1.54, 1.807) is 51.1 Å². The highest BCUT2D eigenvalue weighted by atomic mass is 32.2. The molecule has 0 amide bonds. The van der Waals surface area contributed by atoms with E-state index in [-0.39, 0.29) is 17.9 Å². The van der Waals surface area contributed by atoms with E-state index in [1.165, 1.54) is 6.08 Å². The van der Waals surface area contributed by atoms with Gasteiger partial charge >= 0.3 is 11.9 Å². The van der Waals surface area contributed by atoms with Crippen LogP contribution in [0.15, 0.2) is 35.7 Å². The van der Waals surface area contributed by atoms with E-state index in [4.69, 9.17) is 9.47 Å². The Morgan fingerprint density at radius 1 is 1.10 bits per heavy atom. The maximum atomic E-state index is 12.4. The molecule has 2 N–H and O–H groups in total. The Hall–Kier alpha value is -3.24. The van der Waals surface area contributed by atoms with Crippen molar-refractivity contribution in [3.05, 3.63) is 63.8 Å². The van der Waals surface area contributed by atoms with Crippen LogP contribution in [0.2, 0.25) is 0 Å². The molecule has 2 rings (SSSR count). The molecule has 0 unspecified atom stereocenters. The lowest BCUT2D eigenvalue weighted by Crippen LogP contribution is -2.30. The highest BCUT2D eigenvalue weighted by Gasteiger charge is 2.23. The summed E-state index contributed by atoms with van der Waals surface area (Å²) in [7, 11) is -3.86. The molecule has 166 valence electrons. The molecule has 0 bridgehead atoms. The minimum absolute atomic E-state index is 0.125. The highest BCUT2D eigenvalue weighted by Crippen LogP contribution is 2.19. The van der Waals surface area contributed by atoms with Crippen LogP contribution in [0.3, 0.4) is 0 Å². The first-order chi connectivity index (χ1) is 14.6. The zero-order valence-electron chi connectivity index (χ0n) is 17.4. The maximum absolute atomic E-state index is 12.4. The molecule has 0 aliphatic heterocycles. The van der Waals surface area contributed by atoms with Gasteiger partial charge in [0.05, 0.1) is 17.9 Å². The van der Waals surface area contributed by atoms with Crippen molar-refractivity contribution >= 4 is 33.8 Å². The van der Waals surface area contributed by atoms with Crippen LogP contribution in [0.25, 0.3) is 6.08 Å².